The van der Waals surface area contributed by atoms with E-state index in [9.17, 15) is 14.9 Å². The lowest BCUT2D eigenvalue weighted by atomic mass is 10.2. The van der Waals surface area contributed by atoms with Gasteiger partial charge in [0.25, 0.3) is 0 Å². The molecule has 0 aromatic heterocycles. The largest absolute Gasteiger partial charge is 0.462 e. The summed E-state index contributed by atoms with van der Waals surface area (Å²) in [5.74, 6) is -0.596. The van der Waals surface area contributed by atoms with Crippen LogP contribution in [0, 0.1) is 10.1 Å². The maximum absolute atomic E-state index is 11.1. The molecule has 0 spiro atoms. The van der Waals surface area contributed by atoms with E-state index in [1.54, 1.807) is 6.92 Å². The third-order valence-corrected chi connectivity index (χ3v) is 1.32. The molecular formula is C8H13NO4. The fourth-order valence-corrected chi connectivity index (χ4v) is 0.840. The van der Waals surface area contributed by atoms with E-state index in [4.69, 9.17) is 0 Å². The Kier molecular flexibility index (Phi) is 5.50. The second-order valence-corrected chi connectivity index (χ2v) is 2.41. The van der Waals surface area contributed by atoms with E-state index in [1.807, 2.05) is 6.92 Å². The molecule has 0 amide bonds. The fourth-order valence-electron chi connectivity index (χ4n) is 0.840. The number of nitrogens with zero attached hydrogens (tertiary/aromatic N) is 1. The number of nitro groups is 1. The number of esters is 1. The van der Waals surface area contributed by atoms with E-state index in [0.29, 0.717) is 19.0 Å². The average Bonchev–Trinajstić information content (AvgIpc) is 2.03. The summed E-state index contributed by atoms with van der Waals surface area (Å²) >= 11 is 0. The molecule has 0 N–H and O–H groups in total. The SMILES string of the molecule is CCC/C(=C/[N+](=O)[O-])C(=O)OCC. The first-order valence-corrected chi connectivity index (χ1v) is 4.13. The van der Waals surface area contributed by atoms with Gasteiger partial charge in [0.15, 0.2) is 0 Å². The topological polar surface area (TPSA) is 69.4 Å². The third kappa shape index (κ3) is 4.95. The number of ether oxygens (including phenoxy) is 1. The van der Waals surface area contributed by atoms with Gasteiger partial charge in [-0.15, -0.1) is 0 Å². The van der Waals surface area contributed by atoms with Gasteiger partial charge < -0.3 is 4.74 Å². The highest BCUT2D eigenvalue weighted by Gasteiger charge is 2.13. The van der Waals surface area contributed by atoms with Gasteiger partial charge in [-0.25, -0.2) is 4.79 Å². The van der Waals surface area contributed by atoms with Gasteiger partial charge in [0.05, 0.1) is 11.5 Å². The number of hydrogen-bond donors (Lipinski definition) is 0. The molecule has 13 heavy (non-hydrogen) atoms. The summed E-state index contributed by atoms with van der Waals surface area (Å²) in [6.45, 7) is 3.73. The van der Waals surface area contributed by atoms with E-state index in [-0.39, 0.29) is 12.2 Å². The molecule has 0 fully saturated rings. The van der Waals surface area contributed by atoms with Crippen LogP contribution in [0.25, 0.3) is 0 Å². The molecule has 0 atom stereocenters. The average molecular weight is 187 g/mol. The monoisotopic (exact) mass is 187 g/mol. The molecule has 74 valence electrons. The van der Waals surface area contributed by atoms with Crippen LogP contribution in [-0.2, 0) is 9.53 Å². The summed E-state index contributed by atoms with van der Waals surface area (Å²) < 4.78 is 4.65. The Morgan fingerprint density at radius 1 is 1.54 bits per heavy atom. The first kappa shape index (κ1) is 11.6. The highest BCUT2D eigenvalue weighted by Crippen LogP contribution is 2.06. The number of carbonyl (C=O) groups is 1. The molecule has 0 bridgehead atoms. The maximum Gasteiger partial charge on any atom is 0.340 e. The molecule has 5 nitrogen and oxygen atoms in total. The van der Waals surface area contributed by atoms with E-state index < -0.39 is 10.9 Å². The first-order valence-electron chi connectivity index (χ1n) is 4.13. The van der Waals surface area contributed by atoms with E-state index in [2.05, 4.69) is 4.74 Å². The minimum Gasteiger partial charge on any atom is -0.462 e. The van der Waals surface area contributed by atoms with Crippen LogP contribution in [0.2, 0.25) is 0 Å². The minimum absolute atomic E-state index is 0.120. The summed E-state index contributed by atoms with van der Waals surface area (Å²) in [5, 5.41) is 10.1. The van der Waals surface area contributed by atoms with Gasteiger partial charge in [-0.1, -0.05) is 13.3 Å². The normalized spacial score (nSPS) is 11.1. The molecular weight excluding hydrogens is 174 g/mol. The van der Waals surface area contributed by atoms with Crippen molar-refractivity contribution in [1.29, 1.82) is 0 Å². The van der Waals surface area contributed by atoms with Crippen molar-refractivity contribution in [2.24, 2.45) is 0 Å². The Morgan fingerprint density at radius 3 is 2.54 bits per heavy atom. The van der Waals surface area contributed by atoms with Crippen molar-refractivity contribution in [3.8, 4) is 0 Å². The Bertz CT molecular complexity index is 222. The van der Waals surface area contributed by atoms with Gasteiger partial charge in [0, 0.05) is 0 Å². The number of carbonyl (C=O) groups excluding carboxylic acids is 1. The van der Waals surface area contributed by atoms with Crippen LogP contribution in [0.3, 0.4) is 0 Å². The van der Waals surface area contributed by atoms with E-state index in [0.717, 1.165) is 0 Å². The van der Waals surface area contributed by atoms with Crippen molar-refractivity contribution in [3.05, 3.63) is 21.9 Å². The van der Waals surface area contributed by atoms with Crippen LogP contribution < -0.4 is 0 Å². The number of rotatable bonds is 5. The molecule has 0 aliphatic heterocycles. The molecule has 0 saturated carbocycles. The maximum atomic E-state index is 11.1. The summed E-state index contributed by atoms with van der Waals surface area (Å²) in [7, 11) is 0. The second kappa shape index (κ2) is 6.16. The molecule has 0 aromatic carbocycles. The lowest BCUT2D eigenvalue weighted by Crippen LogP contribution is -2.09. The van der Waals surface area contributed by atoms with Crippen molar-refractivity contribution in [1.82, 2.24) is 0 Å². The van der Waals surface area contributed by atoms with Crippen molar-refractivity contribution in [2.45, 2.75) is 26.7 Å². The molecule has 0 rings (SSSR count). The third-order valence-electron chi connectivity index (χ3n) is 1.32. The standard InChI is InChI=1S/C8H13NO4/c1-3-5-7(6-9(11)12)8(10)13-4-2/h6H,3-5H2,1-2H3/b7-6-. The summed E-state index contributed by atoms with van der Waals surface area (Å²) in [5.41, 5.74) is 0.120. The molecule has 0 unspecified atom stereocenters. The van der Waals surface area contributed by atoms with Crippen molar-refractivity contribution >= 4 is 5.97 Å². The Labute approximate surface area is 76.5 Å². The highest BCUT2D eigenvalue weighted by molar-refractivity contribution is 5.87. The zero-order valence-electron chi connectivity index (χ0n) is 7.78. The molecule has 0 radical (unpaired) electrons. The van der Waals surface area contributed by atoms with Crippen LogP contribution in [0.5, 0.6) is 0 Å². The van der Waals surface area contributed by atoms with Crippen LogP contribution in [0.1, 0.15) is 26.7 Å². The molecule has 0 heterocycles. The van der Waals surface area contributed by atoms with Crippen molar-refractivity contribution in [3.63, 3.8) is 0 Å². The van der Waals surface area contributed by atoms with E-state index in [1.165, 1.54) is 0 Å². The molecule has 0 saturated heterocycles. The van der Waals surface area contributed by atoms with Crippen LogP contribution in [0.15, 0.2) is 11.8 Å². The molecule has 0 aromatic rings. The van der Waals surface area contributed by atoms with Crippen molar-refractivity contribution in [2.75, 3.05) is 6.61 Å². The molecule has 0 aliphatic carbocycles. The predicted octanol–water partition coefficient (Wildman–Crippen LogP) is 1.51. The minimum atomic E-state index is -0.637. The van der Waals surface area contributed by atoms with Crippen LogP contribution in [-0.4, -0.2) is 17.5 Å². The van der Waals surface area contributed by atoms with Gasteiger partial charge in [-0.2, -0.15) is 0 Å². The van der Waals surface area contributed by atoms with Crippen LogP contribution >= 0.6 is 0 Å². The van der Waals surface area contributed by atoms with Gasteiger partial charge in [0.2, 0.25) is 6.20 Å². The summed E-state index contributed by atoms with van der Waals surface area (Å²) in [6, 6.07) is 0. The van der Waals surface area contributed by atoms with Crippen molar-refractivity contribution < 1.29 is 14.5 Å². The second-order valence-electron chi connectivity index (χ2n) is 2.41. The zero-order valence-corrected chi connectivity index (χ0v) is 7.78. The molecule has 5 heteroatoms. The van der Waals surface area contributed by atoms with Gasteiger partial charge in [-0.3, -0.25) is 10.1 Å². The van der Waals surface area contributed by atoms with E-state index >= 15 is 0 Å². The van der Waals surface area contributed by atoms with Gasteiger partial charge in [0.1, 0.15) is 5.57 Å². The zero-order chi connectivity index (χ0) is 10.3. The lowest BCUT2D eigenvalue weighted by Gasteiger charge is -2.01. The summed E-state index contributed by atoms with van der Waals surface area (Å²) in [4.78, 5) is 20.6. The molecule has 0 aliphatic rings. The van der Waals surface area contributed by atoms with Gasteiger partial charge >= 0.3 is 5.97 Å². The smallest absolute Gasteiger partial charge is 0.340 e. The predicted molar refractivity (Wildman–Crippen MR) is 46.6 cm³/mol. The quantitative estimate of drug-likeness (QED) is 0.283. The van der Waals surface area contributed by atoms with Gasteiger partial charge in [-0.05, 0) is 13.3 Å². The lowest BCUT2D eigenvalue weighted by molar-refractivity contribution is -0.403. The highest BCUT2D eigenvalue weighted by atomic mass is 16.6. The summed E-state index contributed by atoms with van der Waals surface area (Å²) in [6.07, 6.45) is 1.76. The Morgan fingerprint density at radius 2 is 2.15 bits per heavy atom. The fraction of sp³-hybridized carbons (Fsp3) is 0.625. The van der Waals surface area contributed by atoms with Crippen LogP contribution in [0.4, 0.5) is 0 Å². The number of hydrogen-bond acceptors (Lipinski definition) is 4. The Hall–Kier alpha value is -1.39. The Balaban J connectivity index is 4.40. The first-order chi connectivity index (χ1) is 6.11.